The molecule has 0 fully saturated rings. The Hall–Kier alpha value is -2.59. The number of ether oxygens (including phenoxy) is 1. The molecule has 0 aliphatic rings. The molecule has 1 unspecified atom stereocenters. The SMILES string of the molecule is CCO[Si](OCC)(OCC)C(C(=O)O)c1ccc(N=Nc2ccccc2OC)cc1. The number of hydrogen-bond acceptors (Lipinski definition) is 7. The van der Waals surface area contributed by atoms with Gasteiger partial charge in [-0.05, 0) is 50.6 Å². The molecular formula is C21H28N2O6Si. The van der Waals surface area contributed by atoms with Gasteiger partial charge in [-0.15, -0.1) is 5.11 Å². The van der Waals surface area contributed by atoms with Crippen LogP contribution in [0.1, 0.15) is 31.9 Å². The van der Waals surface area contributed by atoms with Gasteiger partial charge in [-0.3, -0.25) is 4.79 Å². The fourth-order valence-corrected chi connectivity index (χ4v) is 5.89. The van der Waals surface area contributed by atoms with Crippen LogP contribution < -0.4 is 4.74 Å². The van der Waals surface area contributed by atoms with Gasteiger partial charge in [0.1, 0.15) is 11.4 Å². The number of aliphatic carboxylic acids is 1. The van der Waals surface area contributed by atoms with Crippen molar-refractivity contribution in [1.29, 1.82) is 0 Å². The first-order valence-corrected chi connectivity index (χ1v) is 11.6. The van der Waals surface area contributed by atoms with Crippen molar-refractivity contribution >= 4 is 26.1 Å². The number of hydrogen-bond donors (Lipinski definition) is 1. The molecule has 30 heavy (non-hydrogen) atoms. The van der Waals surface area contributed by atoms with E-state index in [2.05, 4.69) is 10.2 Å². The Bertz CT molecular complexity index is 827. The Balaban J connectivity index is 2.34. The smallest absolute Gasteiger partial charge is 0.494 e. The lowest BCUT2D eigenvalue weighted by Crippen LogP contribution is -2.54. The van der Waals surface area contributed by atoms with Crippen LogP contribution in [0.5, 0.6) is 5.75 Å². The summed E-state index contributed by atoms with van der Waals surface area (Å²) in [5, 5.41) is 18.4. The molecule has 0 aliphatic heterocycles. The van der Waals surface area contributed by atoms with E-state index in [1.165, 1.54) is 0 Å². The van der Waals surface area contributed by atoms with Gasteiger partial charge in [0.05, 0.1) is 12.8 Å². The molecule has 0 amide bonds. The number of azo groups is 1. The van der Waals surface area contributed by atoms with Crippen LogP contribution in [0.4, 0.5) is 11.4 Å². The van der Waals surface area contributed by atoms with Gasteiger partial charge >= 0.3 is 14.8 Å². The van der Waals surface area contributed by atoms with E-state index in [0.29, 0.717) is 42.5 Å². The highest BCUT2D eigenvalue weighted by molar-refractivity contribution is 6.66. The number of carboxylic acids is 1. The van der Waals surface area contributed by atoms with Gasteiger partial charge < -0.3 is 23.1 Å². The lowest BCUT2D eigenvalue weighted by Gasteiger charge is -2.33. The van der Waals surface area contributed by atoms with Crippen molar-refractivity contribution in [3.63, 3.8) is 0 Å². The Morgan fingerprint density at radius 3 is 2.00 bits per heavy atom. The molecule has 0 radical (unpaired) electrons. The standard InChI is InChI=1S/C21H28N2O6Si/c1-5-27-30(28-6-2,29-7-3)20(21(24)25)16-12-14-17(15-13-16)22-23-18-10-8-9-11-19(18)26-4/h8-15,20H,5-7H2,1-4H3,(H,24,25). The van der Waals surface area contributed by atoms with Crippen LogP contribution >= 0.6 is 0 Å². The van der Waals surface area contributed by atoms with E-state index in [4.69, 9.17) is 18.0 Å². The topological polar surface area (TPSA) is 98.9 Å². The van der Waals surface area contributed by atoms with E-state index in [0.717, 1.165) is 0 Å². The monoisotopic (exact) mass is 432 g/mol. The summed E-state index contributed by atoms with van der Waals surface area (Å²) in [6.45, 7) is 6.25. The van der Waals surface area contributed by atoms with Gasteiger partial charge in [-0.1, -0.05) is 24.3 Å². The van der Waals surface area contributed by atoms with Gasteiger partial charge in [0.2, 0.25) is 0 Å². The van der Waals surface area contributed by atoms with E-state index in [1.54, 1.807) is 64.3 Å². The fourth-order valence-electron chi connectivity index (χ4n) is 3.03. The second kappa shape index (κ2) is 11.6. The highest BCUT2D eigenvalue weighted by atomic mass is 28.4. The largest absolute Gasteiger partial charge is 0.520 e. The zero-order valence-electron chi connectivity index (χ0n) is 17.7. The summed E-state index contributed by atoms with van der Waals surface area (Å²) in [4.78, 5) is 12.2. The molecule has 0 saturated heterocycles. The Labute approximate surface area is 177 Å². The van der Waals surface area contributed by atoms with Crippen molar-refractivity contribution in [3.8, 4) is 5.75 Å². The number of carboxylic acid groups (broad SMARTS) is 1. The molecular weight excluding hydrogens is 404 g/mol. The van der Waals surface area contributed by atoms with Gasteiger partial charge in [-0.2, -0.15) is 5.11 Å². The summed E-state index contributed by atoms with van der Waals surface area (Å²) < 4.78 is 22.7. The van der Waals surface area contributed by atoms with Crippen molar-refractivity contribution in [2.75, 3.05) is 26.9 Å². The van der Waals surface area contributed by atoms with E-state index < -0.39 is 20.3 Å². The summed E-state index contributed by atoms with van der Waals surface area (Å²) in [6, 6.07) is 14.1. The van der Waals surface area contributed by atoms with Crippen LogP contribution in [0.2, 0.25) is 0 Å². The van der Waals surface area contributed by atoms with Gasteiger partial charge in [0, 0.05) is 19.8 Å². The third kappa shape index (κ3) is 5.73. The van der Waals surface area contributed by atoms with Crippen LogP contribution in [0, 0.1) is 0 Å². The maximum atomic E-state index is 12.2. The molecule has 0 saturated carbocycles. The first-order valence-electron chi connectivity index (χ1n) is 9.80. The molecule has 1 N–H and O–H groups in total. The first-order chi connectivity index (χ1) is 14.5. The average molecular weight is 433 g/mol. The lowest BCUT2D eigenvalue weighted by atomic mass is 10.1. The Morgan fingerprint density at radius 1 is 0.933 bits per heavy atom. The minimum atomic E-state index is -3.50. The minimum Gasteiger partial charge on any atom is -0.494 e. The molecule has 0 aliphatic carbocycles. The maximum absolute atomic E-state index is 12.2. The number of para-hydroxylation sites is 1. The van der Waals surface area contributed by atoms with Crippen LogP contribution in [0.15, 0.2) is 58.8 Å². The van der Waals surface area contributed by atoms with E-state index >= 15 is 0 Å². The number of rotatable bonds is 12. The van der Waals surface area contributed by atoms with Gasteiger partial charge in [-0.25, -0.2) is 0 Å². The number of methoxy groups -OCH3 is 1. The number of benzene rings is 2. The van der Waals surface area contributed by atoms with E-state index in [9.17, 15) is 9.90 Å². The number of carbonyl (C=O) groups is 1. The fraction of sp³-hybridized carbons (Fsp3) is 0.381. The normalized spacial score (nSPS) is 12.8. The molecule has 2 aromatic carbocycles. The quantitative estimate of drug-likeness (QED) is 0.380. The molecule has 0 heterocycles. The van der Waals surface area contributed by atoms with Gasteiger partial charge in [0.15, 0.2) is 5.54 Å². The van der Waals surface area contributed by atoms with E-state index in [1.807, 2.05) is 12.1 Å². The summed E-state index contributed by atoms with van der Waals surface area (Å²) in [5.41, 5.74) is 0.659. The van der Waals surface area contributed by atoms with Crippen molar-refractivity contribution < 1.29 is 27.9 Å². The van der Waals surface area contributed by atoms with Gasteiger partial charge in [0.25, 0.3) is 0 Å². The Kier molecular flexibility index (Phi) is 9.12. The predicted octanol–water partition coefficient (Wildman–Crippen LogP) is 4.87. The number of nitrogens with zero attached hydrogens (tertiary/aromatic N) is 2. The van der Waals surface area contributed by atoms with Crippen LogP contribution in [0.25, 0.3) is 0 Å². The predicted molar refractivity (Wildman–Crippen MR) is 115 cm³/mol. The highest BCUT2D eigenvalue weighted by Gasteiger charge is 2.54. The summed E-state index contributed by atoms with van der Waals surface area (Å²) in [6.07, 6.45) is 0. The van der Waals surface area contributed by atoms with Crippen LogP contribution in [0.3, 0.4) is 0 Å². The second-order valence-corrected chi connectivity index (χ2v) is 8.79. The average Bonchev–Trinajstić information content (AvgIpc) is 2.74. The van der Waals surface area contributed by atoms with Crippen molar-refractivity contribution in [1.82, 2.24) is 0 Å². The molecule has 0 spiro atoms. The summed E-state index contributed by atoms with van der Waals surface area (Å²) >= 11 is 0. The summed E-state index contributed by atoms with van der Waals surface area (Å²) in [5.74, 6) is -0.440. The molecule has 0 aromatic heterocycles. The molecule has 0 bridgehead atoms. The molecule has 9 heteroatoms. The van der Waals surface area contributed by atoms with Crippen molar-refractivity contribution in [3.05, 3.63) is 54.1 Å². The molecule has 1 atom stereocenters. The van der Waals surface area contributed by atoms with Crippen molar-refractivity contribution in [2.45, 2.75) is 26.3 Å². The lowest BCUT2D eigenvalue weighted by molar-refractivity contribution is -0.138. The molecule has 162 valence electrons. The zero-order valence-corrected chi connectivity index (χ0v) is 18.7. The van der Waals surface area contributed by atoms with Crippen LogP contribution in [-0.2, 0) is 18.1 Å². The molecule has 2 aromatic rings. The zero-order chi connectivity index (χ0) is 22.0. The highest BCUT2D eigenvalue weighted by Crippen LogP contribution is 2.33. The maximum Gasteiger partial charge on any atom is 0.520 e. The Morgan fingerprint density at radius 2 is 1.50 bits per heavy atom. The molecule has 2 rings (SSSR count). The second-order valence-electron chi connectivity index (χ2n) is 6.14. The summed E-state index contributed by atoms with van der Waals surface area (Å²) in [7, 11) is -1.93. The minimum absolute atomic E-state index is 0.293. The molecule has 8 nitrogen and oxygen atoms in total. The van der Waals surface area contributed by atoms with E-state index in [-0.39, 0.29) is 0 Å². The third-order valence-corrected chi connectivity index (χ3v) is 7.58. The van der Waals surface area contributed by atoms with Crippen LogP contribution in [-0.4, -0.2) is 46.8 Å². The third-order valence-electron chi connectivity index (χ3n) is 4.22. The van der Waals surface area contributed by atoms with Crippen molar-refractivity contribution in [2.24, 2.45) is 10.2 Å². The first kappa shape index (κ1) is 23.7.